The minimum absolute atomic E-state index is 0.102. The molecule has 1 aromatic carbocycles. The summed E-state index contributed by atoms with van der Waals surface area (Å²) in [6.45, 7) is 1.51. The molecule has 0 saturated carbocycles. The van der Waals surface area contributed by atoms with E-state index in [1.807, 2.05) is 11.4 Å². The maximum absolute atomic E-state index is 12.7. The number of carbonyl (C=O) groups is 1. The maximum atomic E-state index is 12.7. The number of benzene rings is 1. The first-order chi connectivity index (χ1) is 12.5. The van der Waals surface area contributed by atoms with Gasteiger partial charge in [0.25, 0.3) is 0 Å². The molecule has 1 aliphatic heterocycles. The van der Waals surface area contributed by atoms with Crippen LogP contribution in [0.3, 0.4) is 0 Å². The van der Waals surface area contributed by atoms with Crippen molar-refractivity contribution in [1.29, 1.82) is 0 Å². The van der Waals surface area contributed by atoms with Crippen molar-refractivity contribution in [3.8, 4) is 0 Å². The molecule has 1 aliphatic rings. The lowest BCUT2D eigenvalue weighted by molar-refractivity contribution is -0.132. The average molecular weight is 413 g/mol. The van der Waals surface area contributed by atoms with Gasteiger partial charge in [-0.25, -0.2) is 8.42 Å². The quantitative estimate of drug-likeness (QED) is 0.731. The van der Waals surface area contributed by atoms with Crippen LogP contribution in [0.5, 0.6) is 0 Å². The molecular formula is C18H21ClN2O3S2. The van der Waals surface area contributed by atoms with E-state index < -0.39 is 10.0 Å². The first-order valence-electron chi connectivity index (χ1n) is 8.53. The summed E-state index contributed by atoms with van der Waals surface area (Å²) in [6, 6.07) is 10.3. The van der Waals surface area contributed by atoms with Crippen molar-refractivity contribution < 1.29 is 13.2 Å². The number of sulfonamides is 1. The summed E-state index contributed by atoms with van der Waals surface area (Å²) in [5, 5.41) is 2.54. The molecule has 0 radical (unpaired) electrons. The van der Waals surface area contributed by atoms with Crippen LogP contribution in [0, 0.1) is 0 Å². The summed E-state index contributed by atoms with van der Waals surface area (Å²) in [7, 11) is -3.54. The van der Waals surface area contributed by atoms with Crippen molar-refractivity contribution in [3.63, 3.8) is 0 Å². The summed E-state index contributed by atoms with van der Waals surface area (Å²) < 4.78 is 26.8. The molecule has 1 aromatic heterocycles. The van der Waals surface area contributed by atoms with Gasteiger partial charge in [0.05, 0.1) is 4.90 Å². The van der Waals surface area contributed by atoms with Gasteiger partial charge in [-0.05, 0) is 48.6 Å². The van der Waals surface area contributed by atoms with E-state index in [1.54, 1.807) is 28.4 Å². The van der Waals surface area contributed by atoms with Gasteiger partial charge in [-0.1, -0.05) is 17.7 Å². The van der Waals surface area contributed by atoms with Gasteiger partial charge in [-0.15, -0.1) is 11.3 Å². The van der Waals surface area contributed by atoms with Crippen LogP contribution in [0.1, 0.15) is 17.7 Å². The molecule has 0 bridgehead atoms. The zero-order valence-corrected chi connectivity index (χ0v) is 16.7. The van der Waals surface area contributed by atoms with Crippen molar-refractivity contribution in [1.82, 2.24) is 9.21 Å². The fraction of sp³-hybridized carbons (Fsp3) is 0.389. The predicted molar refractivity (Wildman–Crippen MR) is 104 cm³/mol. The van der Waals surface area contributed by atoms with Crippen molar-refractivity contribution in [2.24, 2.45) is 0 Å². The maximum Gasteiger partial charge on any atom is 0.243 e. The van der Waals surface area contributed by atoms with Crippen LogP contribution in [0.2, 0.25) is 5.02 Å². The van der Waals surface area contributed by atoms with Gasteiger partial charge in [-0.3, -0.25) is 4.79 Å². The Labute approximate surface area is 163 Å². The van der Waals surface area contributed by atoms with Gasteiger partial charge in [-0.2, -0.15) is 4.31 Å². The number of hydrogen-bond acceptors (Lipinski definition) is 4. The van der Waals surface area contributed by atoms with E-state index in [2.05, 4.69) is 6.07 Å². The molecule has 3 rings (SSSR count). The van der Waals surface area contributed by atoms with E-state index in [9.17, 15) is 13.2 Å². The van der Waals surface area contributed by atoms with E-state index in [0.29, 0.717) is 37.6 Å². The summed E-state index contributed by atoms with van der Waals surface area (Å²) in [4.78, 5) is 15.6. The highest BCUT2D eigenvalue weighted by Gasteiger charge is 2.29. The number of amides is 1. The smallest absolute Gasteiger partial charge is 0.243 e. The number of hydrogen-bond donors (Lipinski definition) is 0. The molecule has 1 saturated heterocycles. The number of aryl methyl sites for hydroxylation is 1. The molecule has 0 N–H and O–H groups in total. The molecule has 26 heavy (non-hydrogen) atoms. The Morgan fingerprint density at radius 2 is 1.77 bits per heavy atom. The van der Waals surface area contributed by atoms with Crippen LogP contribution in [-0.2, 0) is 21.2 Å². The highest BCUT2D eigenvalue weighted by molar-refractivity contribution is 7.89. The number of nitrogens with zero attached hydrogens (tertiary/aromatic N) is 2. The van der Waals surface area contributed by atoms with E-state index in [0.717, 1.165) is 12.8 Å². The molecule has 0 spiro atoms. The van der Waals surface area contributed by atoms with Gasteiger partial charge in [0, 0.05) is 42.5 Å². The van der Waals surface area contributed by atoms with Crippen LogP contribution >= 0.6 is 22.9 Å². The van der Waals surface area contributed by atoms with E-state index >= 15 is 0 Å². The number of thiophene rings is 1. The highest BCUT2D eigenvalue weighted by Crippen LogP contribution is 2.20. The van der Waals surface area contributed by atoms with Crippen LogP contribution in [-0.4, -0.2) is 49.7 Å². The zero-order valence-electron chi connectivity index (χ0n) is 14.3. The monoisotopic (exact) mass is 412 g/mol. The Morgan fingerprint density at radius 3 is 2.38 bits per heavy atom. The molecule has 2 heterocycles. The number of carbonyl (C=O) groups excluding carboxylic acids is 1. The van der Waals surface area contributed by atoms with Crippen molar-refractivity contribution >= 4 is 38.9 Å². The average Bonchev–Trinajstić information content (AvgIpc) is 3.15. The van der Waals surface area contributed by atoms with Gasteiger partial charge in [0.2, 0.25) is 15.9 Å². The highest BCUT2D eigenvalue weighted by atomic mass is 35.5. The molecule has 5 nitrogen and oxygen atoms in total. The summed E-state index contributed by atoms with van der Waals surface area (Å²) >= 11 is 7.53. The Morgan fingerprint density at radius 1 is 1.08 bits per heavy atom. The van der Waals surface area contributed by atoms with Crippen molar-refractivity contribution in [2.45, 2.75) is 24.2 Å². The lowest BCUT2D eigenvalue weighted by Crippen LogP contribution is -2.50. The SMILES string of the molecule is O=C(CCCc1cccs1)N1CCN(S(=O)(=O)c2ccc(Cl)cc2)CC1. The fourth-order valence-corrected chi connectivity index (χ4v) is 5.26. The van der Waals surface area contributed by atoms with Crippen molar-refractivity contribution in [3.05, 3.63) is 51.7 Å². The van der Waals surface area contributed by atoms with Crippen LogP contribution in [0.15, 0.2) is 46.7 Å². The molecule has 8 heteroatoms. The van der Waals surface area contributed by atoms with Gasteiger partial charge < -0.3 is 4.90 Å². The normalized spacial score (nSPS) is 16.0. The third kappa shape index (κ3) is 4.65. The van der Waals surface area contributed by atoms with Gasteiger partial charge >= 0.3 is 0 Å². The Bertz CT molecular complexity index is 828. The van der Waals surface area contributed by atoms with Gasteiger partial charge in [0.15, 0.2) is 0 Å². The molecular weight excluding hydrogens is 392 g/mol. The number of piperazine rings is 1. The molecule has 0 atom stereocenters. The van der Waals surface area contributed by atoms with Crippen molar-refractivity contribution in [2.75, 3.05) is 26.2 Å². The molecule has 1 fully saturated rings. The minimum atomic E-state index is -3.54. The van der Waals surface area contributed by atoms with E-state index in [-0.39, 0.29) is 10.8 Å². The first-order valence-corrected chi connectivity index (χ1v) is 11.2. The Balaban J connectivity index is 1.50. The van der Waals surface area contributed by atoms with Crippen LogP contribution < -0.4 is 0 Å². The second-order valence-corrected chi connectivity index (χ2v) is 9.58. The first kappa shape index (κ1) is 19.4. The minimum Gasteiger partial charge on any atom is -0.340 e. The lowest BCUT2D eigenvalue weighted by Gasteiger charge is -2.34. The third-order valence-electron chi connectivity index (χ3n) is 4.44. The summed E-state index contributed by atoms with van der Waals surface area (Å²) in [5.41, 5.74) is 0. The third-order valence-corrected chi connectivity index (χ3v) is 7.54. The second kappa shape index (κ2) is 8.52. The zero-order chi connectivity index (χ0) is 18.6. The largest absolute Gasteiger partial charge is 0.340 e. The molecule has 0 aliphatic carbocycles. The molecule has 1 amide bonds. The number of rotatable bonds is 6. The Kier molecular flexibility index (Phi) is 6.34. The molecule has 140 valence electrons. The van der Waals surface area contributed by atoms with Crippen LogP contribution in [0.25, 0.3) is 0 Å². The predicted octanol–water partition coefficient (Wildman–Crippen LogP) is 3.26. The molecule has 0 unspecified atom stereocenters. The van der Waals surface area contributed by atoms with Gasteiger partial charge in [0.1, 0.15) is 0 Å². The van der Waals surface area contributed by atoms with Crippen LogP contribution in [0.4, 0.5) is 0 Å². The topological polar surface area (TPSA) is 57.7 Å². The number of halogens is 1. The van der Waals surface area contributed by atoms with E-state index in [1.165, 1.54) is 21.3 Å². The fourth-order valence-electron chi connectivity index (χ4n) is 2.96. The summed E-state index contributed by atoms with van der Waals surface area (Å²) in [5.74, 6) is 0.102. The molecule has 2 aromatic rings. The Hall–Kier alpha value is -1.41. The standard InChI is InChI=1S/C18H21ClN2O3S2/c19-15-6-8-17(9-7-15)26(23,24)21-12-10-20(11-13-21)18(22)5-1-3-16-4-2-14-25-16/h2,4,6-9,14H,1,3,5,10-13H2. The lowest BCUT2D eigenvalue weighted by atomic mass is 10.2. The van der Waals surface area contributed by atoms with E-state index in [4.69, 9.17) is 11.6 Å². The summed E-state index contributed by atoms with van der Waals surface area (Å²) in [6.07, 6.45) is 2.23. The second-order valence-electron chi connectivity index (χ2n) is 6.17.